The molecular weight excluding hydrogens is 325 g/mol. The van der Waals surface area contributed by atoms with Crippen LogP contribution in [0.1, 0.15) is 29.8 Å². The SMILES string of the molecule is CCCNC(Cc1cccs1)c1ccc(F)cc1Br. The minimum absolute atomic E-state index is 0.207. The minimum Gasteiger partial charge on any atom is -0.310 e. The van der Waals surface area contributed by atoms with Gasteiger partial charge in [0.2, 0.25) is 0 Å². The third-order valence-corrected chi connectivity index (χ3v) is 4.55. The van der Waals surface area contributed by atoms with E-state index in [2.05, 4.69) is 45.7 Å². The first-order valence-electron chi connectivity index (χ1n) is 6.41. The maximum absolute atomic E-state index is 13.2. The van der Waals surface area contributed by atoms with Crippen LogP contribution in [0.5, 0.6) is 0 Å². The number of thiophene rings is 1. The highest BCUT2D eigenvalue weighted by Crippen LogP contribution is 2.28. The Morgan fingerprint density at radius 3 is 2.84 bits per heavy atom. The van der Waals surface area contributed by atoms with Gasteiger partial charge in [-0.1, -0.05) is 35.0 Å². The molecular formula is C15H17BrFNS. The zero-order valence-corrected chi connectivity index (χ0v) is 13.2. The van der Waals surface area contributed by atoms with E-state index in [1.54, 1.807) is 11.3 Å². The van der Waals surface area contributed by atoms with Crippen molar-refractivity contribution >= 4 is 27.3 Å². The van der Waals surface area contributed by atoms with Gasteiger partial charge < -0.3 is 5.32 Å². The molecule has 0 aliphatic rings. The van der Waals surface area contributed by atoms with Crippen molar-refractivity contribution in [1.82, 2.24) is 5.32 Å². The largest absolute Gasteiger partial charge is 0.310 e. The lowest BCUT2D eigenvalue weighted by Gasteiger charge is -2.20. The molecule has 2 rings (SSSR count). The molecule has 0 spiro atoms. The van der Waals surface area contributed by atoms with Crippen LogP contribution in [-0.4, -0.2) is 6.54 Å². The highest BCUT2D eigenvalue weighted by atomic mass is 79.9. The molecule has 1 heterocycles. The summed E-state index contributed by atoms with van der Waals surface area (Å²) in [6.07, 6.45) is 2.02. The van der Waals surface area contributed by atoms with Gasteiger partial charge in [0.25, 0.3) is 0 Å². The van der Waals surface area contributed by atoms with Gasteiger partial charge in [-0.15, -0.1) is 11.3 Å². The van der Waals surface area contributed by atoms with Gasteiger partial charge in [-0.2, -0.15) is 0 Å². The lowest BCUT2D eigenvalue weighted by molar-refractivity contribution is 0.528. The van der Waals surface area contributed by atoms with E-state index in [9.17, 15) is 4.39 Å². The summed E-state index contributed by atoms with van der Waals surface area (Å²) in [5, 5.41) is 5.63. The summed E-state index contributed by atoms with van der Waals surface area (Å²) in [6.45, 7) is 3.11. The lowest BCUT2D eigenvalue weighted by atomic mass is 10.0. The molecule has 0 saturated heterocycles. The van der Waals surface area contributed by atoms with Gasteiger partial charge >= 0.3 is 0 Å². The molecule has 0 aliphatic heterocycles. The Balaban J connectivity index is 2.20. The van der Waals surface area contributed by atoms with Gasteiger partial charge in [0.15, 0.2) is 0 Å². The lowest BCUT2D eigenvalue weighted by Crippen LogP contribution is -2.24. The van der Waals surface area contributed by atoms with Gasteiger partial charge in [-0.25, -0.2) is 4.39 Å². The zero-order valence-electron chi connectivity index (χ0n) is 10.8. The van der Waals surface area contributed by atoms with Crippen molar-refractivity contribution in [2.24, 2.45) is 0 Å². The van der Waals surface area contributed by atoms with Gasteiger partial charge in [0.1, 0.15) is 5.82 Å². The minimum atomic E-state index is -0.207. The summed E-state index contributed by atoms with van der Waals surface area (Å²) in [6, 6.07) is 9.34. The molecule has 1 aromatic heterocycles. The molecule has 19 heavy (non-hydrogen) atoms. The van der Waals surface area contributed by atoms with E-state index in [1.165, 1.54) is 17.0 Å². The first kappa shape index (κ1) is 14.7. The number of hydrogen-bond donors (Lipinski definition) is 1. The molecule has 1 N–H and O–H groups in total. The van der Waals surface area contributed by atoms with Crippen molar-refractivity contribution in [1.29, 1.82) is 0 Å². The Bertz CT molecular complexity index is 513. The predicted molar refractivity (Wildman–Crippen MR) is 83.2 cm³/mol. The first-order chi connectivity index (χ1) is 9.20. The number of hydrogen-bond acceptors (Lipinski definition) is 2. The van der Waals surface area contributed by atoms with E-state index >= 15 is 0 Å². The topological polar surface area (TPSA) is 12.0 Å². The molecule has 0 fully saturated rings. The van der Waals surface area contributed by atoms with Crippen LogP contribution in [-0.2, 0) is 6.42 Å². The van der Waals surface area contributed by atoms with E-state index < -0.39 is 0 Å². The molecule has 1 atom stereocenters. The number of benzene rings is 1. The second-order valence-corrected chi connectivity index (χ2v) is 6.34. The van der Waals surface area contributed by atoms with E-state index in [-0.39, 0.29) is 11.9 Å². The molecule has 1 nitrogen and oxygen atoms in total. The van der Waals surface area contributed by atoms with Gasteiger partial charge in [0.05, 0.1) is 0 Å². The molecule has 2 aromatic rings. The van der Waals surface area contributed by atoms with Crippen molar-refractivity contribution < 1.29 is 4.39 Å². The Morgan fingerprint density at radius 1 is 1.37 bits per heavy atom. The van der Waals surface area contributed by atoms with Gasteiger partial charge in [-0.05, 0) is 42.1 Å². The molecule has 0 saturated carbocycles. The van der Waals surface area contributed by atoms with Crippen molar-refractivity contribution in [3.05, 3.63) is 56.4 Å². The second kappa shape index (κ2) is 7.17. The average Bonchev–Trinajstić information content (AvgIpc) is 2.88. The standard InChI is InChI=1S/C15H17BrFNS/c1-2-7-18-15(10-12-4-3-8-19-12)13-6-5-11(17)9-14(13)16/h3-6,8-9,15,18H,2,7,10H2,1H3. The third-order valence-electron chi connectivity index (χ3n) is 2.96. The summed E-state index contributed by atoms with van der Waals surface area (Å²) in [5.41, 5.74) is 1.11. The predicted octanol–water partition coefficient (Wildman–Crippen LogP) is 4.93. The van der Waals surface area contributed by atoms with Crippen molar-refractivity contribution in [2.75, 3.05) is 6.54 Å². The summed E-state index contributed by atoms with van der Waals surface area (Å²) < 4.78 is 14.0. The van der Waals surface area contributed by atoms with Crippen LogP contribution < -0.4 is 5.32 Å². The highest BCUT2D eigenvalue weighted by Gasteiger charge is 2.15. The van der Waals surface area contributed by atoms with E-state index in [4.69, 9.17) is 0 Å². The molecule has 0 radical (unpaired) electrons. The normalized spacial score (nSPS) is 12.6. The van der Waals surface area contributed by atoms with Crippen LogP contribution in [0.4, 0.5) is 4.39 Å². The fourth-order valence-electron chi connectivity index (χ4n) is 2.02. The fourth-order valence-corrected chi connectivity index (χ4v) is 3.40. The molecule has 0 bridgehead atoms. The van der Waals surface area contributed by atoms with Crippen molar-refractivity contribution in [3.63, 3.8) is 0 Å². The van der Waals surface area contributed by atoms with Crippen LogP contribution in [0.3, 0.4) is 0 Å². The van der Waals surface area contributed by atoms with Gasteiger partial charge in [0, 0.05) is 21.8 Å². The van der Waals surface area contributed by atoms with E-state index in [1.807, 2.05) is 6.07 Å². The zero-order chi connectivity index (χ0) is 13.7. The summed E-state index contributed by atoms with van der Waals surface area (Å²) in [5.74, 6) is -0.207. The molecule has 4 heteroatoms. The maximum atomic E-state index is 13.2. The fraction of sp³-hybridized carbons (Fsp3) is 0.333. The molecule has 1 unspecified atom stereocenters. The number of nitrogens with one attached hydrogen (secondary N) is 1. The smallest absolute Gasteiger partial charge is 0.124 e. The average molecular weight is 342 g/mol. The van der Waals surface area contributed by atoms with Crippen molar-refractivity contribution in [3.8, 4) is 0 Å². The summed E-state index contributed by atoms with van der Waals surface area (Å²) in [4.78, 5) is 1.34. The number of halogens is 2. The third kappa shape index (κ3) is 4.13. The van der Waals surface area contributed by atoms with Crippen molar-refractivity contribution in [2.45, 2.75) is 25.8 Å². The monoisotopic (exact) mass is 341 g/mol. The molecule has 0 aliphatic carbocycles. The first-order valence-corrected chi connectivity index (χ1v) is 8.08. The Morgan fingerprint density at radius 2 is 2.21 bits per heavy atom. The number of rotatable bonds is 6. The maximum Gasteiger partial charge on any atom is 0.124 e. The van der Waals surface area contributed by atoms with Crippen LogP contribution in [0.2, 0.25) is 0 Å². The van der Waals surface area contributed by atoms with E-state index in [0.29, 0.717) is 0 Å². The summed E-state index contributed by atoms with van der Waals surface area (Å²) in [7, 11) is 0. The highest BCUT2D eigenvalue weighted by molar-refractivity contribution is 9.10. The second-order valence-electron chi connectivity index (χ2n) is 4.46. The van der Waals surface area contributed by atoms with Crippen LogP contribution >= 0.6 is 27.3 Å². The van der Waals surface area contributed by atoms with Gasteiger partial charge in [-0.3, -0.25) is 0 Å². The van der Waals surface area contributed by atoms with Crippen LogP contribution in [0.15, 0.2) is 40.2 Å². The Hall–Kier alpha value is -0.710. The molecule has 1 aromatic carbocycles. The van der Waals surface area contributed by atoms with Crippen LogP contribution in [0, 0.1) is 5.82 Å². The molecule has 102 valence electrons. The van der Waals surface area contributed by atoms with E-state index in [0.717, 1.165) is 29.4 Å². The summed E-state index contributed by atoms with van der Waals surface area (Å²) >= 11 is 5.23. The quantitative estimate of drug-likeness (QED) is 0.785. The Labute approximate surface area is 126 Å². The van der Waals surface area contributed by atoms with Crippen LogP contribution in [0.25, 0.3) is 0 Å². The Kier molecular flexibility index (Phi) is 5.55. The molecule has 0 amide bonds.